The maximum Gasteiger partial charge on any atom is 0.234 e. The molecule has 30 rings (SSSR count). The minimum Gasteiger partial charge on any atom is -0.456 e. The van der Waals surface area contributed by atoms with Crippen LogP contribution >= 0.6 is 0 Å². The van der Waals surface area contributed by atoms with Crippen molar-refractivity contribution in [3.8, 4) is 152 Å². The predicted molar refractivity (Wildman–Crippen MR) is 614 cm³/mol. The van der Waals surface area contributed by atoms with Crippen LogP contribution in [0.2, 0.25) is 0 Å². The summed E-state index contributed by atoms with van der Waals surface area (Å²) in [6.45, 7) is 0. The average molecular weight is 1920 g/mol. The average Bonchev–Trinajstić information content (AvgIpc) is 1.59. The summed E-state index contributed by atoms with van der Waals surface area (Å²) in [5.41, 5.74) is 36.4. The maximum absolute atomic E-state index is 6.11. The van der Waals surface area contributed by atoms with Crippen LogP contribution in [0.25, 0.3) is 283 Å². The van der Waals surface area contributed by atoms with Crippen LogP contribution in [0.1, 0.15) is 0 Å². The molecule has 10 aromatic heterocycles. The summed E-state index contributed by atoms with van der Waals surface area (Å²) in [6, 6.07) is 178. The zero-order valence-electron chi connectivity index (χ0n) is 80.8. The Labute approximate surface area is 861 Å². The van der Waals surface area contributed by atoms with E-state index in [0.29, 0.717) is 23.4 Å². The first-order valence-corrected chi connectivity index (χ1v) is 50.3. The van der Waals surface area contributed by atoms with Crippen LogP contribution in [0, 0.1) is 0 Å². The molecular weight excluding hydrogens is 1830 g/mol. The lowest BCUT2D eigenvalue weighted by Gasteiger charge is -2.12. The lowest BCUT2D eigenvalue weighted by Crippen LogP contribution is -2.01. The Bertz CT molecular complexity index is 9890. The number of benzene rings is 20. The van der Waals surface area contributed by atoms with Crippen molar-refractivity contribution in [1.82, 2.24) is 48.6 Å². The highest BCUT2D eigenvalue weighted by atomic mass is 16.3. The lowest BCUT2D eigenvalue weighted by atomic mass is 10.00. The van der Waals surface area contributed by atoms with Gasteiger partial charge in [0.25, 0.3) is 0 Å². The molecule has 0 aliphatic carbocycles. The van der Waals surface area contributed by atoms with E-state index in [-0.39, 0.29) is 0 Å². The third-order valence-electron chi connectivity index (χ3n) is 28.8. The van der Waals surface area contributed by atoms with Crippen molar-refractivity contribution < 1.29 is 13.3 Å². The van der Waals surface area contributed by atoms with Gasteiger partial charge in [0.2, 0.25) is 5.95 Å². The number of nitrogens with zero attached hydrogens (tertiary/aromatic N) is 10. The molecule has 0 aliphatic rings. The Morgan fingerprint density at radius 1 is 0.140 bits per heavy atom. The van der Waals surface area contributed by atoms with E-state index >= 15 is 0 Å². The molecule has 0 unspecified atom stereocenters. The number of pyridine rings is 2. The molecule has 150 heavy (non-hydrogen) atoms. The van der Waals surface area contributed by atoms with Gasteiger partial charge in [-0.15, -0.1) is 0 Å². The van der Waals surface area contributed by atoms with E-state index in [4.69, 9.17) is 48.1 Å². The molecule has 702 valence electrons. The number of fused-ring (bicyclic) bond motifs is 18. The third kappa shape index (κ3) is 16.0. The molecule has 13 heteroatoms. The molecule has 0 amide bonds. The van der Waals surface area contributed by atoms with Crippen LogP contribution in [0.3, 0.4) is 0 Å². The van der Waals surface area contributed by atoms with Gasteiger partial charge in [-0.05, 0) is 213 Å². The largest absolute Gasteiger partial charge is 0.456 e. The molecule has 10 heterocycles. The molecular formula is C137H86N10O3. The zero-order chi connectivity index (χ0) is 99.1. The van der Waals surface area contributed by atoms with Gasteiger partial charge in [0.05, 0.1) is 55.9 Å². The zero-order valence-corrected chi connectivity index (χ0v) is 80.8. The highest BCUT2D eigenvalue weighted by Crippen LogP contribution is 2.45. The van der Waals surface area contributed by atoms with Crippen LogP contribution in [0.4, 0.5) is 0 Å². The topological polar surface area (TPSA) is 144 Å². The molecule has 0 saturated carbocycles. The molecule has 0 radical (unpaired) electrons. The summed E-state index contributed by atoms with van der Waals surface area (Å²) in [6.07, 6.45) is 3.77. The minimum atomic E-state index is 0.612. The molecule has 30 aromatic rings. The number of rotatable bonds is 15. The van der Waals surface area contributed by atoms with Crippen LogP contribution in [-0.4, -0.2) is 48.6 Å². The van der Waals surface area contributed by atoms with Crippen LogP contribution in [0.15, 0.2) is 535 Å². The van der Waals surface area contributed by atoms with Crippen molar-refractivity contribution in [3.63, 3.8) is 0 Å². The first-order chi connectivity index (χ1) is 74.3. The Kier molecular flexibility index (Phi) is 21.6. The summed E-state index contributed by atoms with van der Waals surface area (Å²) < 4.78 is 25.2. The minimum absolute atomic E-state index is 0.612. The summed E-state index contributed by atoms with van der Waals surface area (Å²) in [7, 11) is 0. The van der Waals surface area contributed by atoms with E-state index in [0.717, 1.165) is 211 Å². The summed E-state index contributed by atoms with van der Waals surface area (Å²) in [5.74, 6) is 2.53. The van der Waals surface area contributed by atoms with Gasteiger partial charge in [0, 0.05) is 127 Å². The van der Waals surface area contributed by atoms with Gasteiger partial charge in [-0.1, -0.05) is 352 Å². The Hall–Kier alpha value is -20.4. The summed E-state index contributed by atoms with van der Waals surface area (Å²) in [5, 5.41) is 13.9. The summed E-state index contributed by atoms with van der Waals surface area (Å²) >= 11 is 0. The second kappa shape index (κ2) is 37.1. The van der Waals surface area contributed by atoms with E-state index in [1.807, 2.05) is 140 Å². The van der Waals surface area contributed by atoms with Crippen molar-refractivity contribution in [3.05, 3.63) is 522 Å². The Morgan fingerprint density at radius 3 is 0.793 bits per heavy atom. The fraction of sp³-hybridized carbons (Fsp3) is 0. The van der Waals surface area contributed by atoms with Crippen molar-refractivity contribution >= 4 is 131 Å². The third-order valence-corrected chi connectivity index (χ3v) is 28.8. The van der Waals surface area contributed by atoms with E-state index in [2.05, 4.69) is 396 Å². The monoisotopic (exact) mass is 1920 g/mol. The van der Waals surface area contributed by atoms with Gasteiger partial charge in [-0.3, -0.25) is 4.57 Å². The molecule has 20 aromatic carbocycles. The first kappa shape index (κ1) is 87.4. The van der Waals surface area contributed by atoms with Crippen molar-refractivity contribution in [2.24, 2.45) is 0 Å². The normalized spacial score (nSPS) is 11.6. The van der Waals surface area contributed by atoms with E-state index < -0.39 is 0 Å². The van der Waals surface area contributed by atoms with Crippen LogP contribution < -0.4 is 0 Å². The highest BCUT2D eigenvalue weighted by molar-refractivity contribution is 6.16. The molecule has 0 N–H and O–H groups in total. The van der Waals surface area contributed by atoms with Crippen molar-refractivity contribution in [1.29, 1.82) is 0 Å². The molecule has 0 bridgehead atoms. The Balaban J connectivity index is 0.000000108. The molecule has 0 spiro atoms. The van der Waals surface area contributed by atoms with Gasteiger partial charge >= 0.3 is 0 Å². The van der Waals surface area contributed by atoms with Crippen molar-refractivity contribution in [2.45, 2.75) is 0 Å². The quantitative estimate of drug-likeness (QED) is 0.0972. The molecule has 0 fully saturated rings. The van der Waals surface area contributed by atoms with Crippen LogP contribution in [0.5, 0.6) is 0 Å². The number of aromatic nitrogens is 10. The lowest BCUT2D eigenvalue weighted by molar-refractivity contribution is 0.668. The standard InChI is InChI=1S/C47H30N2O.2C45H28N4O/c1-3-11-31(12-4-1)36-29-42(32-13-5-2-6-14-32)48-43(30-36)33-19-23-37(24-20-33)49-44-17-9-7-15-38(44)40-27-34(21-25-45(40)49)35-22-26-47-41(28-35)39-16-8-10-18-46(39)50-47;1-3-12-29(13-4-1)43-46-44(30-14-5-2-6-15-30)48-45(47-43)33-16-11-17-34(26-33)49-39-20-9-7-18-35(39)37-27-31(22-24-40(37)49)32-23-25-42-38(28-32)36-19-8-10-21-41(36)50-42;1-3-11-29(12-4-1)33-25-39(30-13-5-2-6-14-30)48-40(26-33)34-27-46-45(47-28-34)49-41-17-9-7-15-35(41)37-23-31(19-21-42(37)49)32-20-22-44-38(24-32)36-16-8-10-18-43(36)50-44/h1-30H;2*1-28H. The Morgan fingerprint density at radius 2 is 0.407 bits per heavy atom. The van der Waals surface area contributed by atoms with Gasteiger partial charge in [-0.25, -0.2) is 34.9 Å². The van der Waals surface area contributed by atoms with Gasteiger partial charge in [0.15, 0.2) is 17.5 Å². The van der Waals surface area contributed by atoms with E-state index in [1.54, 1.807) is 0 Å². The molecule has 0 aliphatic heterocycles. The second-order valence-corrected chi connectivity index (χ2v) is 37.8. The SMILES string of the molecule is c1ccc(-c2cc(-c3ccccc3)nc(-c3ccc(-n4c5ccccc5c5cc(-c6ccc7oc8ccccc8c7c6)ccc54)cc3)c2)cc1.c1ccc(-c2cc(-c3ccccc3)nc(-c3cnc(-n4c5ccccc5c5cc(-c6ccc7oc8ccccc8c7c6)ccc54)nc3)c2)cc1.c1ccc(-c2nc(-c3ccccc3)nc(-c3cccc(-n4c5ccccc5c5cc(-c6ccc7oc8ccccc8c7c6)ccc54)c3)n2)cc1. The fourth-order valence-electron chi connectivity index (χ4n) is 21.5. The number of hydrogen-bond donors (Lipinski definition) is 0. The number of furan rings is 3. The number of hydrogen-bond acceptors (Lipinski definition) is 10. The first-order valence-electron chi connectivity index (χ1n) is 50.3. The predicted octanol–water partition coefficient (Wildman–Crippen LogP) is 35.8. The molecule has 0 atom stereocenters. The van der Waals surface area contributed by atoms with Crippen LogP contribution in [-0.2, 0) is 0 Å². The number of para-hydroxylation sites is 6. The molecule has 13 nitrogen and oxygen atoms in total. The fourth-order valence-corrected chi connectivity index (χ4v) is 21.5. The molecule has 0 saturated heterocycles. The second-order valence-electron chi connectivity index (χ2n) is 37.8. The van der Waals surface area contributed by atoms with E-state index in [1.165, 1.54) is 49.3 Å². The van der Waals surface area contributed by atoms with Gasteiger partial charge < -0.3 is 22.4 Å². The summed E-state index contributed by atoms with van der Waals surface area (Å²) in [4.78, 5) is 35.0. The van der Waals surface area contributed by atoms with Gasteiger partial charge in [0.1, 0.15) is 33.5 Å². The maximum atomic E-state index is 6.11. The smallest absolute Gasteiger partial charge is 0.234 e. The van der Waals surface area contributed by atoms with Crippen molar-refractivity contribution in [2.75, 3.05) is 0 Å². The van der Waals surface area contributed by atoms with E-state index in [9.17, 15) is 0 Å². The highest BCUT2D eigenvalue weighted by Gasteiger charge is 2.24. The van der Waals surface area contributed by atoms with Gasteiger partial charge in [-0.2, -0.15) is 0 Å².